The van der Waals surface area contributed by atoms with Crippen LogP contribution < -0.4 is 135 Å². The minimum Gasteiger partial charge on any atom is -0.587 e. The molecule has 2 aromatic heterocycles. The molecule has 0 radical (unpaired) electrons. The summed E-state index contributed by atoms with van der Waals surface area (Å²) in [6.07, 6.45) is 0. The van der Waals surface area contributed by atoms with Crippen molar-refractivity contribution in [2.24, 2.45) is 0 Å². The van der Waals surface area contributed by atoms with Gasteiger partial charge in [-0.15, -0.1) is 0 Å². The van der Waals surface area contributed by atoms with Crippen LogP contribution in [0.4, 0.5) is 0 Å². The first-order chi connectivity index (χ1) is 7.58. The van der Waals surface area contributed by atoms with E-state index < -0.39 is 22.2 Å². The van der Waals surface area contributed by atoms with E-state index in [0.29, 0.717) is 0 Å². The number of rotatable bonds is 0. The molecule has 0 aliphatic heterocycles. The Hall–Kier alpha value is 0.773. The molecular weight excluding hydrogens is 290 g/mol. The predicted molar refractivity (Wildman–Crippen MR) is 55.5 cm³/mol. The van der Waals surface area contributed by atoms with Gasteiger partial charge in [0, 0.05) is 21.5 Å². The number of aromatic nitrogens is 2. The van der Waals surface area contributed by atoms with Gasteiger partial charge in [0.2, 0.25) is 0 Å². The Morgan fingerprint density at radius 3 is 1.00 bits per heavy atom. The van der Waals surface area contributed by atoms with Crippen LogP contribution in [0.2, 0.25) is 0 Å². The van der Waals surface area contributed by atoms with E-state index in [9.17, 15) is 19.2 Å². The summed E-state index contributed by atoms with van der Waals surface area (Å²) >= 11 is 0. The van der Waals surface area contributed by atoms with Crippen LogP contribution in [0.15, 0.2) is 31.3 Å². The number of nitrogens with zero attached hydrogens (tertiary/aromatic N) is 2. The minimum absolute atomic E-state index is 0. The smallest absolute Gasteiger partial charge is 0.587 e. The Morgan fingerprint density at radius 2 is 0.778 bits per heavy atom. The molecule has 0 spiro atoms. The van der Waals surface area contributed by atoms with Crippen molar-refractivity contribution < 1.29 is 103 Å². The van der Waals surface area contributed by atoms with Crippen LogP contribution in [0.5, 0.6) is 0 Å². The van der Waals surface area contributed by atoms with Crippen LogP contribution in [0.1, 0.15) is 0 Å². The van der Waals surface area contributed by atoms with Crippen molar-refractivity contribution in [1.82, 2.24) is 9.97 Å². The van der Waals surface area contributed by atoms with E-state index in [4.69, 9.17) is 0 Å². The molecule has 0 atom stereocenters. The third-order valence-electron chi connectivity index (χ3n) is 2.49. The molecule has 0 aliphatic rings. The van der Waals surface area contributed by atoms with E-state index in [1.54, 1.807) is 0 Å². The summed E-state index contributed by atoms with van der Waals surface area (Å²) in [5.41, 5.74) is -2.74. The summed E-state index contributed by atoms with van der Waals surface area (Å²) in [6.45, 7) is 0. The molecule has 1 aromatic carbocycles. The van der Waals surface area contributed by atoms with Gasteiger partial charge in [-0.25, -0.2) is 0 Å². The molecule has 3 rings (SSSR count). The molecule has 0 aliphatic carbocycles. The molecular formula is C10H2K2N2O4. The van der Waals surface area contributed by atoms with E-state index in [2.05, 4.69) is 9.97 Å². The molecule has 3 aromatic rings. The first kappa shape index (κ1) is 16.8. The quantitative estimate of drug-likeness (QED) is 0.382. The topological polar surface area (TPSA) is 96.5 Å². The second-order valence-corrected chi connectivity index (χ2v) is 3.39. The maximum absolute atomic E-state index is 11.2. The Labute approximate surface area is 184 Å². The molecule has 0 bridgehead atoms. The van der Waals surface area contributed by atoms with Gasteiger partial charge in [0.05, 0.1) is 22.2 Å². The van der Waals surface area contributed by atoms with E-state index in [1.165, 1.54) is 12.1 Å². The van der Waals surface area contributed by atoms with E-state index in [-0.39, 0.29) is 124 Å². The average molecular weight is 292 g/mol. The fourth-order valence-electron chi connectivity index (χ4n) is 1.73. The molecule has 6 nitrogen and oxygen atoms in total. The molecule has 78 valence electrons. The van der Waals surface area contributed by atoms with E-state index in [0.717, 1.165) is 0 Å². The maximum Gasteiger partial charge on any atom is 1.00 e. The van der Waals surface area contributed by atoms with Gasteiger partial charge in [0.15, 0.2) is 0 Å². The van der Waals surface area contributed by atoms with Crippen molar-refractivity contribution in [3.63, 3.8) is 0 Å². The normalized spacial score (nSPS) is 10.2. The monoisotopic (exact) mass is 292 g/mol. The van der Waals surface area contributed by atoms with E-state index >= 15 is 0 Å². The third-order valence-corrected chi connectivity index (χ3v) is 2.49. The molecule has 0 saturated carbocycles. The number of fused-ring (bicyclic) bond motifs is 2. The molecule has 0 unspecified atom stereocenters. The summed E-state index contributed by atoms with van der Waals surface area (Å²) in [5, 5.41) is 0.230. The summed E-state index contributed by atoms with van der Waals surface area (Å²) < 4.78 is 0. The fraction of sp³-hybridized carbons (Fsp3) is 0. The summed E-state index contributed by atoms with van der Waals surface area (Å²) in [5.74, 6) is 0. The maximum atomic E-state index is 11.2. The summed E-state index contributed by atoms with van der Waals surface area (Å²) in [4.78, 5) is 51.4. The number of hydrogen-bond acceptors (Lipinski definition) is 4. The van der Waals surface area contributed by atoms with Crippen molar-refractivity contribution in [1.29, 1.82) is 0 Å². The first-order valence-electron chi connectivity index (χ1n) is 4.37. The Morgan fingerprint density at radius 1 is 0.556 bits per heavy atom. The van der Waals surface area contributed by atoms with Crippen LogP contribution in [0.25, 0.3) is 21.5 Å². The molecule has 0 amide bonds. The number of hydrogen-bond donors (Lipinski definition) is 0. The third kappa shape index (κ3) is 2.51. The van der Waals surface area contributed by atoms with Crippen LogP contribution >= 0.6 is 0 Å². The van der Waals surface area contributed by atoms with Crippen LogP contribution in [0, 0.1) is 0 Å². The van der Waals surface area contributed by atoms with Gasteiger partial charge in [-0.05, 0) is 12.1 Å². The SMILES string of the molecule is O=c1[n-]c(=O)c2cc3c(=O)[n-]c(=O)c3cc12.[K+].[K+]. The molecule has 8 heteroatoms. The van der Waals surface area contributed by atoms with Crippen LogP contribution in [-0.4, -0.2) is 0 Å². The van der Waals surface area contributed by atoms with Gasteiger partial charge in [0.25, 0.3) is 0 Å². The fourth-order valence-corrected chi connectivity index (χ4v) is 1.73. The zero-order valence-corrected chi connectivity index (χ0v) is 15.9. The van der Waals surface area contributed by atoms with Gasteiger partial charge in [0.1, 0.15) is 0 Å². The van der Waals surface area contributed by atoms with Crippen LogP contribution in [0.3, 0.4) is 0 Å². The minimum atomic E-state index is -0.685. The van der Waals surface area contributed by atoms with Crippen molar-refractivity contribution in [2.75, 3.05) is 0 Å². The summed E-state index contributed by atoms with van der Waals surface area (Å²) in [7, 11) is 0. The van der Waals surface area contributed by atoms with Crippen molar-refractivity contribution in [2.45, 2.75) is 0 Å². The molecule has 18 heavy (non-hydrogen) atoms. The zero-order chi connectivity index (χ0) is 11.4. The molecule has 0 fully saturated rings. The van der Waals surface area contributed by atoms with Gasteiger partial charge in [-0.1, -0.05) is 0 Å². The average Bonchev–Trinajstić information content (AvgIpc) is 2.67. The van der Waals surface area contributed by atoms with Gasteiger partial charge in [-0.3, -0.25) is 0 Å². The molecule has 0 saturated heterocycles. The van der Waals surface area contributed by atoms with Crippen LogP contribution in [-0.2, 0) is 0 Å². The number of benzene rings is 1. The van der Waals surface area contributed by atoms with Gasteiger partial charge < -0.3 is 29.1 Å². The van der Waals surface area contributed by atoms with Gasteiger partial charge in [-0.2, -0.15) is 0 Å². The second kappa shape index (κ2) is 6.04. The van der Waals surface area contributed by atoms with Crippen molar-refractivity contribution >= 4 is 21.5 Å². The Balaban J connectivity index is 0.000000810. The van der Waals surface area contributed by atoms with Gasteiger partial charge >= 0.3 is 103 Å². The van der Waals surface area contributed by atoms with Crippen molar-refractivity contribution in [3.8, 4) is 0 Å². The first-order valence-corrected chi connectivity index (χ1v) is 4.37. The molecule has 0 N–H and O–H groups in total. The zero-order valence-electron chi connectivity index (χ0n) is 9.68. The largest absolute Gasteiger partial charge is 1.00 e. The summed E-state index contributed by atoms with van der Waals surface area (Å²) in [6, 6.07) is 2.41. The van der Waals surface area contributed by atoms with Crippen molar-refractivity contribution in [3.05, 3.63) is 53.5 Å². The Bertz CT molecular complexity index is 784. The standard InChI is InChI=1S/C10H4N2O4.2K/c13-7-3-1-4-6(10(16)12-8(4)14)2-5(3)9(15)11-7;;/h1-2H,(H2,11,12,13,14,15,16);;/q;2*+1/p-2. The molecule has 2 heterocycles. The van der Waals surface area contributed by atoms with E-state index in [1.807, 2.05) is 0 Å². The second-order valence-electron chi connectivity index (χ2n) is 3.39. The predicted octanol–water partition coefficient (Wildman–Crippen LogP) is -7.77. The Kier molecular flexibility index (Phi) is 5.65.